The molecule has 0 aliphatic rings. The quantitative estimate of drug-likeness (QED) is 0.594. The molecule has 0 spiro atoms. The highest BCUT2D eigenvalue weighted by atomic mass is 19.4. The standard InChI is InChI=1S/C11H5F9O2/c12-9(13,14)8(10(15,16)17,11(18,19)20)22-7(21)6-4-2-1-3-5-6/h1-5H. The smallest absolute Gasteiger partial charge is 0.428 e. The summed E-state index contributed by atoms with van der Waals surface area (Å²) in [6.07, 6.45) is -20.9. The van der Waals surface area contributed by atoms with E-state index >= 15 is 0 Å². The number of ether oxygens (including phenoxy) is 1. The third-order valence-electron chi connectivity index (χ3n) is 2.45. The maximum Gasteiger partial charge on any atom is 0.447 e. The number of halogens is 9. The zero-order valence-electron chi connectivity index (χ0n) is 10.1. The highest BCUT2D eigenvalue weighted by Crippen LogP contribution is 2.55. The molecule has 0 aliphatic carbocycles. The summed E-state index contributed by atoms with van der Waals surface area (Å²) in [4.78, 5) is 11.3. The summed E-state index contributed by atoms with van der Waals surface area (Å²) in [6.45, 7) is 0. The lowest BCUT2D eigenvalue weighted by molar-refractivity contribution is -0.443. The van der Waals surface area contributed by atoms with Gasteiger partial charge < -0.3 is 4.74 Å². The summed E-state index contributed by atoms with van der Waals surface area (Å²) < 4.78 is 116. The molecule has 0 unspecified atom stereocenters. The average Bonchev–Trinajstić information content (AvgIpc) is 2.32. The summed E-state index contributed by atoms with van der Waals surface area (Å²) in [7, 11) is 0. The van der Waals surface area contributed by atoms with Gasteiger partial charge in [0.2, 0.25) is 0 Å². The van der Waals surface area contributed by atoms with Crippen molar-refractivity contribution in [2.45, 2.75) is 24.1 Å². The third kappa shape index (κ3) is 2.97. The van der Waals surface area contributed by atoms with E-state index in [0.717, 1.165) is 12.1 Å². The van der Waals surface area contributed by atoms with Crippen LogP contribution in [0.15, 0.2) is 30.3 Å². The van der Waals surface area contributed by atoms with E-state index in [1.54, 1.807) is 0 Å². The largest absolute Gasteiger partial charge is 0.447 e. The Morgan fingerprint density at radius 1 is 0.727 bits per heavy atom. The normalized spacial score (nSPS) is 13.9. The number of rotatable bonds is 2. The Hall–Kier alpha value is -1.94. The first-order valence-electron chi connectivity index (χ1n) is 5.22. The zero-order chi connectivity index (χ0) is 17.4. The van der Waals surface area contributed by atoms with Gasteiger partial charge in [-0.25, -0.2) is 4.79 Å². The van der Waals surface area contributed by atoms with E-state index in [2.05, 4.69) is 4.74 Å². The molecule has 124 valence electrons. The van der Waals surface area contributed by atoms with Crippen LogP contribution in [0.2, 0.25) is 0 Å². The van der Waals surface area contributed by atoms with Crippen LogP contribution in [-0.4, -0.2) is 30.1 Å². The van der Waals surface area contributed by atoms with Gasteiger partial charge in [0.05, 0.1) is 5.56 Å². The van der Waals surface area contributed by atoms with Crippen LogP contribution in [0.4, 0.5) is 39.5 Å². The van der Waals surface area contributed by atoms with Gasteiger partial charge in [-0.2, -0.15) is 39.5 Å². The summed E-state index contributed by atoms with van der Waals surface area (Å²) >= 11 is 0. The second kappa shape index (κ2) is 5.36. The van der Waals surface area contributed by atoms with Gasteiger partial charge in [-0.1, -0.05) is 18.2 Å². The van der Waals surface area contributed by atoms with Crippen molar-refractivity contribution >= 4 is 5.97 Å². The third-order valence-corrected chi connectivity index (χ3v) is 2.45. The Morgan fingerprint density at radius 2 is 1.09 bits per heavy atom. The Labute approximate surface area is 116 Å². The van der Waals surface area contributed by atoms with Crippen LogP contribution in [0.1, 0.15) is 10.4 Å². The lowest BCUT2D eigenvalue weighted by Gasteiger charge is -2.37. The van der Waals surface area contributed by atoms with Crippen LogP contribution in [0.3, 0.4) is 0 Å². The number of carbonyl (C=O) groups excluding carboxylic acids is 1. The van der Waals surface area contributed by atoms with Crippen molar-refractivity contribution in [1.82, 2.24) is 0 Å². The highest BCUT2D eigenvalue weighted by molar-refractivity contribution is 5.89. The van der Waals surface area contributed by atoms with Gasteiger partial charge in [0.15, 0.2) is 0 Å². The molecule has 0 heterocycles. The summed E-state index contributed by atoms with van der Waals surface area (Å²) in [5, 5.41) is 0. The van der Waals surface area contributed by atoms with Crippen LogP contribution in [-0.2, 0) is 4.74 Å². The number of alkyl halides is 9. The Kier molecular flexibility index (Phi) is 4.41. The van der Waals surface area contributed by atoms with E-state index in [1.165, 1.54) is 6.07 Å². The van der Waals surface area contributed by atoms with Crippen molar-refractivity contribution in [2.75, 3.05) is 0 Å². The van der Waals surface area contributed by atoms with Gasteiger partial charge in [-0.05, 0) is 12.1 Å². The SMILES string of the molecule is O=C(OC(C(F)(F)F)(C(F)(F)F)C(F)(F)F)c1ccccc1. The van der Waals surface area contributed by atoms with E-state index in [1.807, 2.05) is 0 Å². The van der Waals surface area contributed by atoms with Gasteiger partial charge in [-0.3, -0.25) is 0 Å². The fourth-order valence-electron chi connectivity index (χ4n) is 1.43. The lowest BCUT2D eigenvalue weighted by Crippen LogP contribution is -2.68. The molecule has 11 heteroatoms. The maximum atomic E-state index is 12.5. The summed E-state index contributed by atoms with van der Waals surface area (Å²) in [6, 6.07) is 4.69. The Balaban J connectivity index is 3.43. The molecule has 2 nitrogen and oxygen atoms in total. The molecule has 0 fully saturated rings. The van der Waals surface area contributed by atoms with Crippen LogP contribution in [0.25, 0.3) is 0 Å². The maximum absolute atomic E-state index is 12.5. The van der Waals surface area contributed by atoms with Crippen molar-refractivity contribution in [3.63, 3.8) is 0 Å². The minimum atomic E-state index is -6.95. The molecule has 22 heavy (non-hydrogen) atoms. The minimum Gasteiger partial charge on any atom is -0.428 e. The first kappa shape index (κ1) is 18.1. The zero-order valence-corrected chi connectivity index (χ0v) is 10.1. The average molecular weight is 340 g/mol. The van der Waals surface area contributed by atoms with E-state index in [4.69, 9.17) is 0 Å². The number of benzene rings is 1. The Bertz CT molecular complexity index is 491. The second-order valence-corrected chi connectivity index (χ2v) is 3.93. The van der Waals surface area contributed by atoms with Crippen molar-refractivity contribution < 1.29 is 49.0 Å². The second-order valence-electron chi connectivity index (χ2n) is 3.93. The number of carbonyl (C=O) groups is 1. The predicted octanol–water partition coefficient (Wildman–Crippen LogP) is 4.27. The molecular formula is C11H5F9O2. The summed E-state index contributed by atoms with van der Waals surface area (Å²) in [5.41, 5.74) is -7.51. The molecule has 0 N–H and O–H groups in total. The van der Waals surface area contributed by atoms with Crippen LogP contribution < -0.4 is 0 Å². The van der Waals surface area contributed by atoms with Crippen molar-refractivity contribution in [1.29, 1.82) is 0 Å². The van der Waals surface area contributed by atoms with E-state index in [0.29, 0.717) is 12.1 Å². The van der Waals surface area contributed by atoms with Crippen LogP contribution >= 0.6 is 0 Å². The number of esters is 1. The van der Waals surface area contributed by atoms with Crippen molar-refractivity contribution in [3.05, 3.63) is 35.9 Å². The monoisotopic (exact) mass is 340 g/mol. The van der Waals surface area contributed by atoms with E-state index < -0.39 is 35.7 Å². The summed E-state index contributed by atoms with van der Waals surface area (Å²) in [5.74, 6) is -2.41. The van der Waals surface area contributed by atoms with Crippen molar-refractivity contribution in [2.24, 2.45) is 0 Å². The molecule has 1 aromatic carbocycles. The highest BCUT2D eigenvalue weighted by Gasteiger charge is 2.87. The molecule has 0 aromatic heterocycles. The fraction of sp³-hybridized carbons (Fsp3) is 0.364. The van der Waals surface area contributed by atoms with E-state index in [-0.39, 0.29) is 0 Å². The molecule has 0 bridgehead atoms. The van der Waals surface area contributed by atoms with Crippen molar-refractivity contribution in [3.8, 4) is 0 Å². The van der Waals surface area contributed by atoms with Crippen LogP contribution in [0.5, 0.6) is 0 Å². The van der Waals surface area contributed by atoms with Gasteiger partial charge in [0.1, 0.15) is 0 Å². The van der Waals surface area contributed by atoms with Gasteiger partial charge in [0, 0.05) is 0 Å². The van der Waals surface area contributed by atoms with Crippen LogP contribution in [0, 0.1) is 0 Å². The molecule has 1 rings (SSSR count). The first-order chi connectivity index (χ1) is 9.74. The number of hydrogen-bond donors (Lipinski definition) is 0. The van der Waals surface area contributed by atoms with Gasteiger partial charge in [-0.15, -0.1) is 0 Å². The molecule has 0 aliphatic heterocycles. The van der Waals surface area contributed by atoms with Gasteiger partial charge in [0.25, 0.3) is 0 Å². The Morgan fingerprint density at radius 3 is 1.41 bits per heavy atom. The molecule has 0 amide bonds. The molecule has 1 aromatic rings. The lowest BCUT2D eigenvalue weighted by atomic mass is 10.0. The molecule has 0 atom stereocenters. The predicted molar refractivity (Wildman–Crippen MR) is 52.8 cm³/mol. The number of hydrogen-bond acceptors (Lipinski definition) is 2. The molecule has 0 radical (unpaired) electrons. The molecule has 0 saturated carbocycles. The topological polar surface area (TPSA) is 26.3 Å². The first-order valence-corrected chi connectivity index (χ1v) is 5.22. The van der Waals surface area contributed by atoms with Gasteiger partial charge >= 0.3 is 30.1 Å². The van der Waals surface area contributed by atoms with E-state index in [9.17, 15) is 44.3 Å². The molecule has 0 saturated heterocycles. The minimum absolute atomic E-state index is 0.705. The fourth-order valence-corrected chi connectivity index (χ4v) is 1.43. The molecular weight excluding hydrogens is 335 g/mol.